The first-order chi connectivity index (χ1) is 21.3. The Morgan fingerprint density at radius 3 is 2.22 bits per heavy atom. The molecule has 1 fully saturated rings. The van der Waals surface area contributed by atoms with E-state index in [1.165, 1.54) is 65.2 Å². The Hall–Kier alpha value is -4.84. The molecule has 3 aromatic carbocycles. The molecule has 0 spiro atoms. The molecule has 3 atom stereocenters. The summed E-state index contributed by atoms with van der Waals surface area (Å²) in [4.78, 5) is 65.3. The predicted molar refractivity (Wildman–Crippen MR) is 164 cm³/mol. The van der Waals surface area contributed by atoms with Gasteiger partial charge in [-0.25, -0.2) is 18.5 Å². The zero-order valence-corrected chi connectivity index (χ0v) is 25.2. The summed E-state index contributed by atoms with van der Waals surface area (Å²) in [6, 6.07) is 16.2. The second-order valence-corrected chi connectivity index (χ2v) is 13.8. The molecule has 0 aliphatic carbocycles. The molecular formula is C28H21N5O9S3. The van der Waals surface area contributed by atoms with E-state index in [1.54, 1.807) is 12.1 Å². The Morgan fingerprint density at radius 1 is 0.978 bits per heavy atom. The SMILES string of the molecule is NS(=O)(=O)c1ccc(NC(=O)Cn2c3c(sc2=O)[C@@H](c2ccc(O)cc2)C2C(=O)N(c4ccc([N+](=O)[O-])cc4)C(=O)C2S3)cc1. The smallest absolute Gasteiger partial charge is 0.308 e. The van der Waals surface area contributed by atoms with Gasteiger partial charge < -0.3 is 10.4 Å². The molecule has 4 aromatic rings. The number of imide groups is 1. The van der Waals surface area contributed by atoms with Crippen LogP contribution in [0.15, 0.2) is 87.5 Å². The molecule has 1 saturated heterocycles. The molecule has 2 aliphatic heterocycles. The van der Waals surface area contributed by atoms with Crippen LogP contribution in [0, 0.1) is 16.0 Å². The molecule has 4 N–H and O–H groups in total. The summed E-state index contributed by atoms with van der Waals surface area (Å²) in [6.07, 6.45) is 0. The molecule has 0 saturated carbocycles. The standard InChI is InChI=1S/C28H21N5O9S3/c29-45(41,42)19-11-3-15(4-12-19)30-20(35)13-31-27-24(44-28(31)38)21(14-1-9-18(34)10-2-14)22-23(43-27)26(37)32(25(22)36)16-5-7-17(8-6-16)33(39)40/h1-12,21-23,34H,13H2,(H,30,35)(H2,29,41,42)/t21-,22?,23?/m0/s1. The number of hydrogen-bond donors (Lipinski definition) is 3. The first-order valence-electron chi connectivity index (χ1n) is 13.1. The number of thiazole rings is 1. The lowest BCUT2D eigenvalue weighted by Gasteiger charge is -2.30. The third-order valence-electron chi connectivity index (χ3n) is 7.39. The normalized spacial score (nSPS) is 19.2. The third-order valence-corrected chi connectivity index (χ3v) is 10.9. The fourth-order valence-corrected chi connectivity index (χ4v) is 8.63. The second kappa shape index (κ2) is 11.3. The van der Waals surface area contributed by atoms with E-state index in [0.717, 1.165) is 28.0 Å². The van der Waals surface area contributed by atoms with Crippen molar-refractivity contribution in [3.8, 4) is 5.75 Å². The summed E-state index contributed by atoms with van der Waals surface area (Å²) in [7, 11) is -3.93. The molecule has 17 heteroatoms. The summed E-state index contributed by atoms with van der Waals surface area (Å²) in [5.41, 5.74) is 0.762. The number of amides is 3. The second-order valence-electron chi connectivity index (χ2n) is 10.2. The van der Waals surface area contributed by atoms with Crippen LogP contribution < -0.4 is 20.2 Å². The number of fused-ring (bicyclic) bond motifs is 2. The quantitative estimate of drug-likeness (QED) is 0.149. The molecule has 2 unspecified atom stereocenters. The van der Waals surface area contributed by atoms with Crippen molar-refractivity contribution in [2.45, 2.75) is 27.6 Å². The van der Waals surface area contributed by atoms with Gasteiger partial charge in [0.15, 0.2) is 0 Å². The average molecular weight is 668 g/mol. The summed E-state index contributed by atoms with van der Waals surface area (Å²) >= 11 is 1.83. The Balaban J connectivity index is 1.36. The summed E-state index contributed by atoms with van der Waals surface area (Å²) in [5, 5.41) is 28.1. The van der Waals surface area contributed by atoms with Crippen LogP contribution in [0.5, 0.6) is 5.75 Å². The number of carbonyl (C=O) groups is 3. The summed E-state index contributed by atoms with van der Waals surface area (Å²) in [5.74, 6) is -3.49. The van der Waals surface area contributed by atoms with Crippen LogP contribution >= 0.6 is 23.1 Å². The largest absolute Gasteiger partial charge is 0.508 e. The van der Waals surface area contributed by atoms with Crippen LogP contribution in [0.3, 0.4) is 0 Å². The van der Waals surface area contributed by atoms with E-state index < -0.39 is 61.2 Å². The Labute approximate surface area is 262 Å². The number of phenols is 1. The van der Waals surface area contributed by atoms with Crippen LogP contribution in [0.2, 0.25) is 0 Å². The number of primary sulfonamides is 1. The Kier molecular flexibility index (Phi) is 7.56. The highest BCUT2D eigenvalue weighted by atomic mass is 32.2. The van der Waals surface area contributed by atoms with Gasteiger partial charge in [-0.15, -0.1) is 0 Å². The van der Waals surface area contributed by atoms with Gasteiger partial charge in [-0.3, -0.25) is 33.9 Å². The summed E-state index contributed by atoms with van der Waals surface area (Å²) < 4.78 is 24.3. The number of aromatic hydroxyl groups is 1. The first-order valence-corrected chi connectivity index (χ1v) is 16.3. The van der Waals surface area contributed by atoms with Crippen LogP contribution in [0.1, 0.15) is 16.4 Å². The van der Waals surface area contributed by atoms with Crippen LogP contribution in [0.25, 0.3) is 0 Å². The number of carbonyl (C=O) groups excluding carboxylic acids is 3. The van der Waals surface area contributed by atoms with Crippen LogP contribution in [-0.2, 0) is 31.0 Å². The van der Waals surface area contributed by atoms with Crippen molar-refractivity contribution < 1.29 is 32.8 Å². The van der Waals surface area contributed by atoms with E-state index in [9.17, 15) is 42.8 Å². The van der Waals surface area contributed by atoms with Crippen molar-refractivity contribution in [2.75, 3.05) is 10.2 Å². The highest BCUT2D eigenvalue weighted by Crippen LogP contribution is 2.54. The number of hydrogen-bond acceptors (Lipinski definition) is 11. The highest BCUT2D eigenvalue weighted by molar-refractivity contribution is 8.00. The van der Waals surface area contributed by atoms with Crippen molar-refractivity contribution in [1.82, 2.24) is 4.57 Å². The van der Waals surface area contributed by atoms with Crippen molar-refractivity contribution in [3.05, 3.63) is 103 Å². The molecule has 0 bridgehead atoms. The topological polar surface area (TPSA) is 212 Å². The molecule has 14 nitrogen and oxygen atoms in total. The highest BCUT2D eigenvalue weighted by Gasteiger charge is 2.56. The Bertz CT molecular complexity index is 2040. The van der Waals surface area contributed by atoms with Crippen molar-refractivity contribution in [3.63, 3.8) is 0 Å². The molecule has 1 aromatic heterocycles. The van der Waals surface area contributed by atoms with Gasteiger partial charge in [0.2, 0.25) is 27.7 Å². The number of nitro benzene ring substituents is 1. The van der Waals surface area contributed by atoms with Gasteiger partial charge in [-0.2, -0.15) is 0 Å². The molecule has 230 valence electrons. The fraction of sp³-hybridized carbons (Fsp3) is 0.143. The zero-order valence-electron chi connectivity index (χ0n) is 22.7. The number of aromatic nitrogens is 1. The third kappa shape index (κ3) is 5.50. The molecule has 0 radical (unpaired) electrons. The van der Waals surface area contributed by atoms with E-state index >= 15 is 0 Å². The number of thioether (sulfide) groups is 1. The molecule has 6 rings (SSSR count). The maximum atomic E-state index is 13.9. The van der Waals surface area contributed by atoms with Crippen molar-refractivity contribution >= 4 is 67.9 Å². The predicted octanol–water partition coefficient (Wildman–Crippen LogP) is 2.61. The minimum atomic E-state index is -3.93. The maximum Gasteiger partial charge on any atom is 0.308 e. The van der Waals surface area contributed by atoms with Gasteiger partial charge in [-0.1, -0.05) is 35.2 Å². The number of anilines is 2. The van der Waals surface area contributed by atoms with Crippen molar-refractivity contribution in [1.29, 1.82) is 0 Å². The number of nitrogens with zero attached hydrogens (tertiary/aromatic N) is 3. The minimum Gasteiger partial charge on any atom is -0.508 e. The van der Waals surface area contributed by atoms with E-state index in [1.807, 2.05) is 0 Å². The van der Waals surface area contributed by atoms with E-state index in [-0.39, 0.29) is 27.7 Å². The number of benzene rings is 3. The van der Waals surface area contributed by atoms with Crippen LogP contribution in [-0.4, -0.2) is 46.0 Å². The molecule has 2 aliphatic rings. The zero-order chi connectivity index (χ0) is 32.2. The molecule has 45 heavy (non-hydrogen) atoms. The maximum absolute atomic E-state index is 13.9. The average Bonchev–Trinajstić information content (AvgIpc) is 3.43. The molecule has 3 heterocycles. The van der Waals surface area contributed by atoms with Gasteiger partial charge in [-0.05, 0) is 54.1 Å². The number of sulfonamides is 1. The van der Waals surface area contributed by atoms with Crippen LogP contribution in [0.4, 0.5) is 17.1 Å². The number of nitro groups is 1. The molecule has 3 amide bonds. The fourth-order valence-electron chi connectivity index (χ4n) is 5.35. The lowest BCUT2D eigenvalue weighted by molar-refractivity contribution is -0.384. The number of rotatable bonds is 7. The summed E-state index contributed by atoms with van der Waals surface area (Å²) in [6.45, 7) is -0.442. The Morgan fingerprint density at radius 2 is 1.62 bits per heavy atom. The van der Waals surface area contributed by atoms with E-state index in [0.29, 0.717) is 15.5 Å². The van der Waals surface area contributed by atoms with Gasteiger partial charge >= 0.3 is 4.87 Å². The van der Waals surface area contributed by atoms with E-state index in [2.05, 4.69) is 5.32 Å². The van der Waals surface area contributed by atoms with E-state index in [4.69, 9.17) is 5.14 Å². The molecular weight excluding hydrogens is 647 g/mol. The van der Waals surface area contributed by atoms with Crippen molar-refractivity contribution in [2.24, 2.45) is 11.1 Å². The van der Waals surface area contributed by atoms with Gasteiger partial charge in [0.05, 0.1) is 26.5 Å². The number of nitrogens with two attached hydrogens (primary N) is 1. The monoisotopic (exact) mass is 667 g/mol. The minimum absolute atomic E-state index is 0.0263. The van der Waals surface area contributed by atoms with Gasteiger partial charge in [0.1, 0.15) is 17.5 Å². The number of phenolic OH excluding ortho intramolecular Hbond substituents is 1. The van der Waals surface area contributed by atoms with Gasteiger partial charge in [0.25, 0.3) is 5.69 Å². The number of nitrogens with one attached hydrogen (secondary N) is 1. The first kappa shape index (κ1) is 30.2. The lowest BCUT2D eigenvalue weighted by Crippen LogP contribution is -2.33. The van der Waals surface area contributed by atoms with Gasteiger partial charge in [0, 0.05) is 28.6 Å². The lowest BCUT2D eigenvalue weighted by atomic mass is 9.83. The number of non-ortho nitro benzene ring substituents is 1.